The van der Waals surface area contributed by atoms with Gasteiger partial charge in [0.2, 0.25) is 0 Å². The molecule has 0 spiro atoms. The Morgan fingerprint density at radius 2 is 1.48 bits per heavy atom. The van der Waals surface area contributed by atoms with Gasteiger partial charge in [0.05, 0.1) is 6.10 Å². The number of rotatable bonds is 6. The molecule has 2 unspecified atom stereocenters. The molecule has 2 aromatic carbocycles. The first-order valence-corrected chi connectivity index (χ1v) is 6.80. The molecule has 0 heterocycles. The molecule has 0 aliphatic rings. The lowest BCUT2D eigenvalue weighted by Gasteiger charge is -2.17. The molecule has 2 aromatic rings. The molecule has 4 nitrogen and oxygen atoms in total. The van der Waals surface area contributed by atoms with Gasteiger partial charge in [-0.3, -0.25) is 4.79 Å². The molecule has 0 saturated heterocycles. The van der Waals surface area contributed by atoms with Crippen molar-refractivity contribution in [3.05, 3.63) is 71.3 Å². The van der Waals surface area contributed by atoms with Gasteiger partial charge in [0.25, 0.3) is 0 Å². The van der Waals surface area contributed by atoms with Crippen LogP contribution in [0.4, 0.5) is 0 Å². The van der Waals surface area contributed by atoms with Gasteiger partial charge in [0, 0.05) is 17.7 Å². The van der Waals surface area contributed by atoms with Gasteiger partial charge in [-0.25, -0.2) is 0 Å². The van der Waals surface area contributed by atoms with Crippen LogP contribution in [0.1, 0.15) is 34.0 Å². The summed E-state index contributed by atoms with van der Waals surface area (Å²) in [6, 6.07) is 15.4. The second-order valence-corrected chi connectivity index (χ2v) is 4.84. The predicted molar refractivity (Wildman–Crippen MR) is 79.0 cm³/mol. The fourth-order valence-electron chi connectivity index (χ4n) is 2.10. The Bertz CT molecular complexity index is 577. The van der Waals surface area contributed by atoms with Crippen molar-refractivity contribution >= 4 is 5.78 Å². The molecule has 4 heteroatoms. The van der Waals surface area contributed by atoms with Crippen LogP contribution in [-0.4, -0.2) is 33.8 Å². The highest BCUT2D eigenvalue weighted by molar-refractivity contribution is 6.08. The van der Waals surface area contributed by atoms with Gasteiger partial charge < -0.3 is 15.3 Å². The molecule has 2 rings (SSSR count). The molecular formula is C17H18O4. The van der Waals surface area contributed by atoms with E-state index in [2.05, 4.69) is 0 Å². The number of carbonyl (C=O) groups is 1. The molecule has 2 atom stereocenters. The first-order chi connectivity index (χ1) is 10.1. The summed E-state index contributed by atoms with van der Waals surface area (Å²) in [7, 11) is 0. The summed E-state index contributed by atoms with van der Waals surface area (Å²) in [6.45, 7) is -0.192. The van der Waals surface area contributed by atoms with Crippen molar-refractivity contribution in [2.45, 2.75) is 18.6 Å². The summed E-state index contributed by atoms with van der Waals surface area (Å²) in [5.41, 5.74) is 1.64. The first kappa shape index (κ1) is 15.4. The van der Waals surface area contributed by atoms with Crippen LogP contribution in [0.3, 0.4) is 0 Å². The molecule has 21 heavy (non-hydrogen) atoms. The van der Waals surface area contributed by atoms with E-state index in [0.717, 1.165) is 0 Å². The smallest absolute Gasteiger partial charge is 0.193 e. The topological polar surface area (TPSA) is 77.8 Å². The maximum atomic E-state index is 12.2. The minimum Gasteiger partial charge on any atom is -0.396 e. The molecule has 0 fully saturated rings. The molecule has 110 valence electrons. The highest BCUT2D eigenvalue weighted by atomic mass is 16.3. The van der Waals surface area contributed by atoms with E-state index < -0.39 is 12.2 Å². The summed E-state index contributed by atoms with van der Waals surface area (Å²) < 4.78 is 0. The zero-order valence-corrected chi connectivity index (χ0v) is 11.5. The third-order valence-electron chi connectivity index (χ3n) is 3.34. The first-order valence-electron chi connectivity index (χ1n) is 6.80. The Labute approximate surface area is 123 Å². The van der Waals surface area contributed by atoms with E-state index in [1.165, 1.54) is 0 Å². The lowest BCUT2D eigenvalue weighted by molar-refractivity contribution is 0.00421. The van der Waals surface area contributed by atoms with Crippen molar-refractivity contribution in [3.8, 4) is 0 Å². The minimum absolute atomic E-state index is 0.0902. The molecule has 0 aromatic heterocycles. The Morgan fingerprint density at radius 3 is 2.05 bits per heavy atom. The van der Waals surface area contributed by atoms with E-state index in [9.17, 15) is 15.0 Å². The number of hydrogen-bond donors (Lipinski definition) is 3. The Morgan fingerprint density at radius 1 is 0.905 bits per heavy atom. The average Bonchev–Trinajstić information content (AvgIpc) is 2.54. The van der Waals surface area contributed by atoms with Gasteiger partial charge in [-0.05, 0) is 12.0 Å². The molecule has 0 aliphatic heterocycles. The number of benzene rings is 2. The molecule has 0 radical (unpaired) electrons. The van der Waals surface area contributed by atoms with Gasteiger partial charge in [-0.1, -0.05) is 54.6 Å². The van der Waals surface area contributed by atoms with E-state index in [-0.39, 0.29) is 18.8 Å². The predicted octanol–water partition coefficient (Wildman–Crippen LogP) is 1.69. The van der Waals surface area contributed by atoms with Crippen LogP contribution in [0.15, 0.2) is 54.6 Å². The Hall–Kier alpha value is -2.01. The largest absolute Gasteiger partial charge is 0.396 e. The monoisotopic (exact) mass is 286 g/mol. The molecule has 3 N–H and O–H groups in total. The van der Waals surface area contributed by atoms with E-state index >= 15 is 0 Å². The number of aliphatic hydroxyl groups is 3. The lowest BCUT2D eigenvalue weighted by atomic mass is 9.98. The van der Waals surface area contributed by atoms with Crippen LogP contribution < -0.4 is 0 Å². The van der Waals surface area contributed by atoms with Gasteiger partial charge in [-0.15, -0.1) is 0 Å². The Balaban J connectivity index is 2.14. The van der Waals surface area contributed by atoms with Crippen molar-refractivity contribution in [1.82, 2.24) is 0 Å². The van der Waals surface area contributed by atoms with Gasteiger partial charge in [-0.2, -0.15) is 0 Å². The second kappa shape index (κ2) is 7.13. The summed E-state index contributed by atoms with van der Waals surface area (Å²) >= 11 is 0. The van der Waals surface area contributed by atoms with E-state index in [4.69, 9.17) is 5.11 Å². The highest BCUT2D eigenvalue weighted by Crippen LogP contribution is 2.20. The van der Waals surface area contributed by atoms with Crippen LogP contribution in [0.5, 0.6) is 0 Å². The molecular weight excluding hydrogens is 268 g/mol. The maximum Gasteiger partial charge on any atom is 0.193 e. The maximum absolute atomic E-state index is 12.2. The van der Waals surface area contributed by atoms with Crippen molar-refractivity contribution in [3.63, 3.8) is 0 Å². The number of carbonyl (C=O) groups excluding carboxylic acids is 1. The summed E-state index contributed by atoms with van der Waals surface area (Å²) in [4.78, 5) is 12.2. The highest BCUT2D eigenvalue weighted by Gasteiger charge is 2.18. The zero-order valence-electron chi connectivity index (χ0n) is 11.5. The number of aliphatic hydroxyl groups excluding tert-OH is 3. The van der Waals surface area contributed by atoms with Crippen molar-refractivity contribution in [2.75, 3.05) is 6.61 Å². The SMILES string of the molecule is O=C(c1ccccc1)c1ccc(C(O)C(O)CCO)cc1. The van der Waals surface area contributed by atoms with Crippen molar-refractivity contribution in [1.29, 1.82) is 0 Å². The number of hydrogen-bond acceptors (Lipinski definition) is 4. The molecule has 0 amide bonds. The number of ketones is 1. The third-order valence-corrected chi connectivity index (χ3v) is 3.34. The lowest BCUT2D eigenvalue weighted by Crippen LogP contribution is -2.19. The molecule has 0 aliphatic carbocycles. The third kappa shape index (κ3) is 3.76. The normalized spacial score (nSPS) is 13.7. The van der Waals surface area contributed by atoms with Gasteiger partial charge in [0.1, 0.15) is 6.10 Å². The van der Waals surface area contributed by atoms with Crippen LogP contribution in [-0.2, 0) is 0 Å². The van der Waals surface area contributed by atoms with Gasteiger partial charge in [0.15, 0.2) is 5.78 Å². The van der Waals surface area contributed by atoms with Crippen LogP contribution in [0.2, 0.25) is 0 Å². The minimum atomic E-state index is -1.07. The molecule has 0 saturated carbocycles. The Kier molecular flexibility index (Phi) is 5.22. The second-order valence-electron chi connectivity index (χ2n) is 4.84. The van der Waals surface area contributed by atoms with E-state index in [1.54, 1.807) is 48.5 Å². The van der Waals surface area contributed by atoms with Gasteiger partial charge >= 0.3 is 0 Å². The standard InChI is InChI=1S/C17H18O4/c18-11-10-15(19)17(21)14-8-6-13(7-9-14)16(20)12-4-2-1-3-5-12/h1-9,15,17-19,21H,10-11H2. The fourth-order valence-corrected chi connectivity index (χ4v) is 2.10. The van der Waals surface area contributed by atoms with Crippen LogP contribution in [0, 0.1) is 0 Å². The van der Waals surface area contributed by atoms with Crippen LogP contribution >= 0.6 is 0 Å². The fraction of sp³-hybridized carbons (Fsp3) is 0.235. The summed E-state index contributed by atoms with van der Waals surface area (Å²) in [6.07, 6.45) is -1.99. The average molecular weight is 286 g/mol. The zero-order chi connectivity index (χ0) is 15.2. The quantitative estimate of drug-likeness (QED) is 0.706. The molecule has 0 bridgehead atoms. The summed E-state index contributed by atoms with van der Waals surface area (Å²) in [5, 5.41) is 28.3. The van der Waals surface area contributed by atoms with Crippen LogP contribution in [0.25, 0.3) is 0 Å². The van der Waals surface area contributed by atoms with E-state index in [0.29, 0.717) is 16.7 Å². The van der Waals surface area contributed by atoms with Crippen molar-refractivity contribution < 1.29 is 20.1 Å². The van der Waals surface area contributed by atoms with Crippen molar-refractivity contribution in [2.24, 2.45) is 0 Å². The summed E-state index contributed by atoms with van der Waals surface area (Å²) in [5.74, 6) is -0.0902. The van der Waals surface area contributed by atoms with E-state index in [1.807, 2.05) is 6.07 Å².